The van der Waals surface area contributed by atoms with Gasteiger partial charge in [0.1, 0.15) is 0 Å². The number of hydrogen-bond acceptors (Lipinski definition) is 3. The Labute approximate surface area is 140 Å². The lowest BCUT2D eigenvalue weighted by Gasteiger charge is -2.06. The van der Waals surface area contributed by atoms with Gasteiger partial charge in [-0.1, -0.05) is 41.9 Å². The van der Waals surface area contributed by atoms with Crippen molar-refractivity contribution in [2.75, 3.05) is 5.32 Å². The number of hydrogen-bond donors (Lipinski definition) is 1. The number of halogens is 1. The summed E-state index contributed by atoms with van der Waals surface area (Å²) in [6.07, 6.45) is 0. The van der Waals surface area contributed by atoms with Gasteiger partial charge in [-0.3, -0.25) is 0 Å². The van der Waals surface area contributed by atoms with E-state index >= 15 is 0 Å². The summed E-state index contributed by atoms with van der Waals surface area (Å²) in [6, 6.07) is 25.4. The summed E-state index contributed by atoms with van der Waals surface area (Å²) >= 11 is 5.84. The SMILES string of the molecule is Clc1ccc(N=Nc2ccc(NCc3ccccc3)cc2)cc1. The highest BCUT2D eigenvalue weighted by molar-refractivity contribution is 6.30. The molecule has 3 rings (SSSR count). The van der Waals surface area contributed by atoms with Crippen LogP contribution in [0, 0.1) is 0 Å². The number of azo groups is 1. The molecular weight excluding hydrogens is 306 g/mol. The molecule has 0 saturated carbocycles. The summed E-state index contributed by atoms with van der Waals surface area (Å²) in [4.78, 5) is 0. The van der Waals surface area contributed by atoms with Gasteiger partial charge in [-0.15, -0.1) is 0 Å². The predicted octanol–water partition coefficient (Wildman–Crippen LogP) is 6.37. The molecule has 3 nitrogen and oxygen atoms in total. The van der Waals surface area contributed by atoms with E-state index < -0.39 is 0 Å². The van der Waals surface area contributed by atoms with Crippen LogP contribution < -0.4 is 5.32 Å². The Hall–Kier alpha value is -2.65. The summed E-state index contributed by atoms with van der Waals surface area (Å²) in [6.45, 7) is 0.798. The third-order valence-electron chi connectivity index (χ3n) is 3.31. The molecule has 0 saturated heterocycles. The minimum Gasteiger partial charge on any atom is -0.381 e. The number of nitrogens with zero attached hydrogens (tertiary/aromatic N) is 2. The maximum absolute atomic E-state index is 5.84. The molecule has 0 fully saturated rings. The van der Waals surface area contributed by atoms with Crippen LogP contribution in [0.2, 0.25) is 5.02 Å². The topological polar surface area (TPSA) is 36.8 Å². The monoisotopic (exact) mass is 321 g/mol. The van der Waals surface area contributed by atoms with Gasteiger partial charge >= 0.3 is 0 Å². The summed E-state index contributed by atoms with van der Waals surface area (Å²) < 4.78 is 0. The van der Waals surface area contributed by atoms with E-state index in [1.165, 1.54) is 5.56 Å². The number of benzene rings is 3. The van der Waals surface area contributed by atoms with Crippen molar-refractivity contribution < 1.29 is 0 Å². The van der Waals surface area contributed by atoms with E-state index in [4.69, 9.17) is 11.6 Å². The number of nitrogens with one attached hydrogen (secondary N) is 1. The molecule has 3 aromatic carbocycles. The van der Waals surface area contributed by atoms with Gasteiger partial charge in [0, 0.05) is 17.3 Å². The highest BCUT2D eigenvalue weighted by Crippen LogP contribution is 2.21. The Bertz CT molecular complexity index is 766. The molecule has 4 heteroatoms. The molecule has 1 N–H and O–H groups in total. The first kappa shape index (κ1) is 15.3. The minimum absolute atomic E-state index is 0.692. The van der Waals surface area contributed by atoms with E-state index in [-0.39, 0.29) is 0 Å². The normalized spacial score (nSPS) is 10.8. The van der Waals surface area contributed by atoms with Crippen LogP contribution in [0.5, 0.6) is 0 Å². The molecule has 0 bridgehead atoms. The second kappa shape index (κ2) is 7.56. The summed E-state index contributed by atoms with van der Waals surface area (Å²) in [5.74, 6) is 0. The van der Waals surface area contributed by atoms with E-state index in [1.54, 1.807) is 12.1 Å². The van der Waals surface area contributed by atoms with E-state index in [9.17, 15) is 0 Å². The van der Waals surface area contributed by atoms with Crippen molar-refractivity contribution in [2.45, 2.75) is 6.54 Å². The minimum atomic E-state index is 0.692. The molecule has 114 valence electrons. The molecule has 23 heavy (non-hydrogen) atoms. The lowest BCUT2D eigenvalue weighted by Crippen LogP contribution is -1.98. The molecular formula is C19H16ClN3. The average molecular weight is 322 g/mol. The van der Waals surface area contributed by atoms with Gasteiger partial charge in [0.05, 0.1) is 11.4 Å². The van der Waals surface area contributed by atoms with Crippen molar-refractivity contribution in [1.82, 2.24) is 0 Å². The van der Waals surface area contributed by atoms with E-state index in [2.05, 4.69) is 27.7 Å². The molecule has 0 amide bonds. The lowest BCUT2D eigenvalue weighted by molar-refractivity contribution is 1.15. The third-order valence-corrected chi connectivity index (χ3v) is 3.57. The number of anilines is 1. The zero-order valence-corrected chi connectivity index (χ0v) is 13.2. The molecule has 0 unspecified atom stereocenters. The molecule has 0 heterocycles. The van der Waals surface area contributed by atoms with Crippen LogP contribution in [0.4, 0.5) is 17.1 Å². The van der Waals surface area contributed by atoms with E-state index in [1.807, 2.05) is 54.6 Å². The summed E-state index contributed by atoms with van der Waals surface area (Å²) in [5, 5.41) is 12.5. The van der Waals surface area contributed by atoms with Crippen LogP contribution in [-0.2, 0) is 6.54 Å². The first-order chi connectivity index (χ1) is 11.3. The standard InChI is InChI=1S/C19H16ClN3/c20-16-6-8-18(9-7-16)22-23-19-12-10-17(11-13-19)21-14-15-4-2-1-3-5-15/h1-13,21H,14H2. The van der Waals surface area contributed by atoms with Gasteiger partial charge in [0.25, 0.3) is 0 Å². The summed E-state index contributed by atoms with van der Waals surface area (Å²) in [5.41, 5.74) is 3.89. The average Bonchev–Trinajstić information content (AvgIpc) is 2.61. The van der Waals surface area contributed by atoms with Gasteiger partial charge in [0.15, 0.2) is 0 Å². The van der Waals surface area contributed by atoms with Crippen LogP contribution in [0.1, 0.15) is 5.56 Å². The fourth-order valence-corrected chi connectivity index (χ4v) is 2.20. The molecule has 0 aliphatic heterocycles. The second-order valence-electron chi connectivity index (χ2n) is 5.06. The van der Waals surface area contributed by atoms with Crippen molar-refractivity contribution in [3.63, 3.8) is 0 Å². The summed E-state index contributed by atoms with van der Waals surface area (Å²) in [7, 11) is 0. The molecule has 0 aliphatic carbocycles. The van der Waals surface area contributed by atoms with Crippen molar-refractivity contribution in [3.8, 4) is 0 Å². The lowest BCUT2D eigenvalue weighted by atomic mass is 10.2. The Morgan fingerprint density at radius 3 is 1.87 bits per heavy atom. The predicted molar refractivity (Wildman–Crippen MR) is 95.8 cm³/mol. The van der Waals surface area contributed by atoms with Gasteiger partial charge in [-0.2, -0.15) is 10.2 Å². The largest absolute Gasteiger partial charge is 0.381 e. The maximum Gasteiger partial charge on any atom is 0.0858 e. The van der Waals surface area contributed by atoms with Crippen LogP contribution >= 0.6 is 11.6 Å². The fourth-order valence-electron chi connectivity index (χ4n) is 2.07. The second-order valence-corrected chi connectivity index (χ2v) is 5.50. The molecule has 0 atom stereocenters. The molecule has 0 radical (unpaired) electrons. The van der Waals surface area contributed by atoms with Crippen LogP contribution in [0.3, 0.4) is 0 Å². The highest BCUT2D eigenvalue weighted by Gasteiger charge is 1.95. The van der Waals surface area contributed by atoms with Crippen LogP contribution in [-0.4, -0.2) is 0 Å². The zero-order valence-electron chi connectivity index (χ0n) is 12.5. The van der Waals surface area contributed by atoms with Gasteiger partial charge in [-0.25, -0.2) is 0 Å². The van der Waals surface area contributed by atoms with E-state index in [0.717, 1.165) is 23.6 Å². The zero-order chi connectivity index (χ0) is 15.9. The maximum atomic E-state index is 5.84. The first-order valence-corrected chi connectivity index (χ1v) is 7.72. The highest BCUT2D eigenvalue weighted by atomic mass is 35.5. The smallest absolute Gasteiger partial charge is 0.0858 e. The Kier molecular flexibility index (Phi) is 5.02. The van der Waals surface area contributed by atoms with Crippen molar-refractivity contribution in [1.29, 1.82) is 0 Å². The van der Waals surface area contributed by atoms with Gasteiger partial charge < -0.3 is 5.32 Å². The Balaban J connectivity index is 1.59. The van der Waals surface area contributed by atoms with Crippen molar-refractivity contribution in [3.05, 3.63) is 89.4 Å². The third kappa shape index (κ3) is 4.66. The van der Waals surface area contributed by atoms with Gasteiger partial charge in [0.2, 0.25) is 0 Å². The fraction of sp³-hybridized carbons (Fsp3) is 0.0526. The Morgan fingerprint density at radius 1 is 0.696 bits per heavy atom. The molecule has 0 aromatic heterocycles. The van der Waals surface area contributed by atoms with Crippen molar-refractivity contribution in [2.24, 2.45) is 10.2 Å². The van der Waals surface area contributed by atoms with E-state index in [0.29, 0.717) is 5.02 Å². The van der Waals surface area contributed by atoms with Crippen molar-refractivity contribution >= 4 is 28.7 Å². The quantitative estimate of drug-likeness (QED) is 0.545. The first-order valence-electron chi connectivity index (χ1n) is 7.35. The van der Waals surface area contributed by atoms with Crippen LogP contribution in [0.25, 0.3) is 0 Å². The molecule has 0 aliphatic rings. The molecule has 3 aromatic rings. The Morgan fingerprint density at radius 2 is 1.26 bits per heavy atom. The number of rotatable bonds is 5. The van der Waals surface area contributed by atoms with Crippen LogP contribution in [0.15, 0.2) is 89.1 Å². The molecule has 0 spiro atoms. The van der Waals surface area contributed by atoms with Gasteiger partial charge in [-0.05, 0) is 54.1 Å².